The molecule has 1 amide bonds. The second kappa shape index (κ2) is 15.6. The SMILES string of the molecule is CC.CC.CNc1cc(Oc2cccc(-c3ccc(C(=O)NC4CCNCC4)c(C)c3)c2)ccc1C(C)=N. The van der Waals surface area contributed by atoms with Crippen molar-refractivity contribution in [2.24, 2.45) is 0 Å². The Balaban J connectivity index is 0.00000121. The van der Waals surface area contributed by atoms with E-state index >= 15 is 0 Å². The zero-order chi connectivity index (χ0) is 28.1. The predicted octanol–water partition coefficient (Wildman–Crippen LogP) is 7.42. The molecule has 0 unspecified atom stereocenters. The van der Waals surface area contributed by atoms with Crippen LogP contribution in [0.4, 0.5) is 5.69 Å². The van der Waals surface area contributed by atoms with Gasteiger partial charge in [0.1, 0.15) is 11.5 Å². The summed E-state index contributed by atoms with van der Waals surface area (Å²) in [4.78, 5) is 12.8. The van der Waals surface area contributed by atoms with Crippen molar-refractivity contribution in [3.63, 3.8) is 0 Å². The molecule has 0 saturated carbocycles. The first kappa shape index (κ1) is 30.6. The van der Waals surface area contributed by atoms with E-state index in [9.17, 15) is 4.79 Å². The van der Waals surface area contributed by atoms with Crippen LogP contribution in [0, 0.1) is 12.3 Å². The molecule has 0 atom stereocenters. The molecule has 0 aromatic heterocycles. The van der Waals surface area contributed by atoms with Crippen LogP contribution in [0.25, 0.3) is 11.1 Å². The Morgan fingerprint density at radius 2 is 1.53 bits per heavy atom. The van der Waals surface area contributed by atoms with E-state index in [4.69, 9.17) is 10.1 Å². The quantitative estimate of drug-likeness (QED) is 0.246. The third kappa shape index (κ3) is 8.18. The number of hydrogen-bond acceptors (Lipinski definition) is 5. The van der Waals surface area contributed by atoms with Gasteiger partial charge in [-0.3, -0.25) is 4.79 Å². The number of carbonyl (C=O) groups is 1. The highest BCUT2D eigenvalue weighted by Gasteiger charge is 2.18. The standard InChI is InChI=1S/C28H32N4O2.2C2H6/c1-18-15-21(7-9-25(18)28(33)32-22-11-13-31-14-12-22)20-5-4-6-23(16-20)34-24-8-10-26(19(2)29)27(17-24)30-3;2*1-2/h4-10,15-17,22,29-31H,11-14H2,1-3H3,(H,32,33);2*1-2H3. The van der Waals surface area contributed by atoms with Gasteiger partial charge in [-0.15, -0.1) is 0 Å². The molecule has 1 fully saturated rings. The van der Waals surface area contributed by atoms with E-state index in [0.29, 0.717) is 11.5 Å². The Kier molecular flexibility index (Phi) is 12.5. The van der Waals surface area contributed by atoms with Crippen LogP contribution in [-0.4, -0.2) is 37.8 Å². The molecular weight excluding hydrogens is 472 g/mol. The smallest absolute Gasteiger partial charge is 0.251 e. The van der Waals surface area contributed by atoms with Gasteiger partial charge >= 0.3 is 0 Å². The van der Waals surface area contributed by atoms with Gasteiger partial charge in [0, 0.05) is 41.7 Å². The normalized spacial score (nSPS) is 12.7. The Labute approximate surface area is 228 Å². The van der Waals surface area contributed by atoms with Crippen LogP contribution in [0.3, 0.4) is 0 Å². The Morgan fingerprint density at radius 1 is 0.895 bits per heavy atom. The number of ether oxygens (including phenoxy) is 1. The summed E-state index contributed by atoms with van der Waals surface area (Å²) in [6.07, 6.45) is 1.93. The van der Waals surface area contributed by atoms with Crippen LogP contribution in [0.2, 0.25) is 0 Å². The summed E-state index contributed by atoms with van der Waals surface area (Å²) in [5.74, 6) is 1.42. The van der Waals surface area contributed by atoms with Crippen molar-refractivity contribution in [1.82, 2.24) is 10.6 Å². The Hall–Kier alpha value is -3.64. The average molecular weight is 517 g/mol. The lowest BCUT2D eigenvalue weighted by atomic mass is 9.98. The van der Waals surface area contributed by atoms with Gasteiger partial charge < -0.3 is 26.1 Å². The van der Waals surface area contributed by atoms with E-state index in [1.165, 1.54) is 0 Å². The van der Waals surface area contributed by atoms with Crippen molar-refractivity contribution in [3.8, 4) is 22.6 Å². The average Bonchev–Trinajstić information content (AvgIpc) is 2.95. The molecule has 6 nitrogen and oxygen atoms in total. The zero-order valence-corrected chi connectivity index (χ0v) is 24.0. The fourth-order valence-corrected chi connectivity index (χ4v) is 4.32. The van der Waals surface area contributed by atoms with Crippen LogP contribution >= 0.6 is 0 Å². The molecule has 1 saturated heterocycles. The lowest BCUT2D eigenvalue weighted by molar-refractivity contribution is 0.0929. The highest BCUT2D eigenvalue weighted by atomic mass is 16.5. The van der Waals surface area contributed by atoms with Crippen molar-refractivity contribution in [2.45, 2.75) is 60.4 Å². The summed E-state index contributed by atoms with van der Waals surface area (Å²) in [7, 11) is 1.84. The maximum absolute atomic E-state index is 12.8. The zero-order valence-electron chi connectivity index (χ0n) is 24.0. The molecule has 38 heavy (non-hydrogen) atoms. The molecule has 0 radical (unpaired) electrons. The molecule has 1 aliphatic heterocycles. The minimum atomic E-state index is -0.00280. The molecule has 6 heteroatoms. The lowest BCUT2D eigenvalue weighted by Gasteiger charge is -2.24. The van der Waals surface area contributed by atoms with Crippen molar-refractivity contribution in [1.29, 1.82) is 5.41 Å². The van der Waals surface area contributed by atoms with Gasteiger partial charge in [0.05, 0.1) is 0 Å². The molecular formula is C32H44N4O2. The number of piperidine rings is 1. The maximum atomic E-state index is 12.8. The second-order valence-corrected chi connectivity index (χ2v) is 8.74. The number of carbonyl (C=O) groups excluding carboxylic acids is 1. The fraction of sp³-hybridized carbons (Fsp3) is 0.375. The summed E-state index contributed by atoms with van der Waals surface area (Å²) in [6, 6.07) is 19.8. The van der Waals surface area contributed by atoms with Gasteiger partial charge in [-0.05, 0) is 86.8 Å². The van der Waals surface area contributed by atoms with Crippen LogP contribution < -0.4 is 20.7 Å². The van der Waals surface area contributed by atoms with Gasteiger partial charge in [0.15, 0.2) is 0 Å². The fourth-order valence-electron chi connectivity index (χ4n) is 4.32. The summed E-state index contributed by atoms with van der Waals surface area (Å²) >= 11 is 0. The maximum Gasteiger partial charge on any atom is 0.251 e. The largest absolute Gasteiger partial charge is 0.457 e. The number of benzene rings is 3. The first-order valence-electron chi connectivity index (χ1n) is 13.7. The number of amides is 1. The van der Waals surface area contributed by atoms with E-state index in [2.05, 4.69) is 22.0 Å². The van der Waals surface area contributed by atoms with Crippen molar-refractivity contribution >= 4 is 17.3 Å². The Bertz CT molecular complexity index is 1200. The molecule has 3 aromatic rings. The molecule has 4 rings (SSSR count). The van der Waals surface area contributed by atoms with Crippen molar-refractivity contribution in [3.05, 3.63) is 77.4 Å². The molecule has 204 valence electrons. The van der Waals surface area contributed by atoms with E-state index in [1.54, 1.807) is 6.92 Å². The van der Waals surface area contributed by atoms with Gasteiger partial charge in [0.2, 0.25) is 0 Å². The second-order valence-electron chi connectivity index (χ2n) is 8.74. The third-order valence-electron chi connectivity index (χ3n) is 6.21. The van der Waals surface area contributed by atoms with Crippen molar-refractivity contribution in [2.75, 3.05) is 25.5 Å². The molecule has 4 N–H and O–H groups in total. The minimum absolute atomic E-state index is 0.00280. The van der Waals surface area contributed by atoms with Gasteiger partial charge in [-0.25, -0.2) is 0 Å². The minimum Gasteiger partial charge on any atom is -0.457 e. The lowest BCUT2D eigenvalue weighted by Crippen LogP contribution is -2.42. The van der Waals surface area contributed by atoms with Gasteiger partial charge in [0.25, 0.3) is 5.91 Å². The van der Waals surface area contributed by atoms with Crippen molar-refractivity contribution < 1.29 is 9.53 Å². The molecule has 0 bridgehead atoms. The summed E-state index contributed by atoms with van der Waals surface area (Å²) in [6.45, 7) is 13.6. The molecule has 0 aliphatic carbocycles. The molecule has 0 spiro atoms. The summed E-state index contributed by atoms with van der Waals surface area (Å²) in [5.41, 5.74) is 5.93. The van der Waals surface area contributed by atoms with E-state index in [-0.39, 0.29) is 11.9 Å². The summed E-state index contributed by atoms with van der Waals surface area (Å²) in [5, 5.41) is 17.5. The van der Waals surface area contributed by atoms with E-state index < -0.39 is 0 Å². The number of nitrogens with one attached hydrogen (secondary N) is 4. The molecule has 1 heterocycles. The first-order chi connectivity index (χ1) is 18.4. The topological polar surface area (TPSA) is 86.2 Å². The van der Waals surface area contributed by atoms with Crippen LogP contribution in [-0.2, 0) is 0 Å². The van der Waals surface area contributed by atoms with Crippen LogP contribution in [0.5, 0.6) is 11.5 Å². The highest BCUT2D eigenvalue weighted by Crippen LogP contribution is 2.31. The molecule has 3 aromatic carbocycles. The van der Waals surface area contributed by atoms with E-state index in [1.807, 2.05) is 96.3 Å². The number of aryl methyl sites for hydroxylation is 1. The van der Waals surface area contributed by atoms with Gasteiger partial charge in [-0.2, -0.15) is 0 Å². The highest BCUT2D eigenvalue weighted by molar-refractivity contribution is 6.01. The summed E-state index contributed by atoms with van der Waals surface area (Å²) < 4.78 is 6.11. The first-order valence-corrected chi connectivity index (χ1v) is 13.7. The van der Waals surface area contributed by atoms with Crippen LogP contribution in [0.15, 0.2) is 60.7 Å². The van der Waals surface area contributed by atoms with Gasteiger partial charge in [-0.1, -0.05) is 52.0 Å². The predicted molar refractivity (Wildman–Crippen MR) is 161 cm³/mol. The number of hydrogen-bond donors (Lipinski definition) is 4. The number of anilines is 1. The van der Waals surface area contributed by atoms with Crippen LogP contribution in [0.1, 0.15) is 68.9 Å². The third-order valence-corrected chi connectivity index (χ3v) is 6.21. The number of rotatable bonds is 7. The monoisotopic (exact) mass is 516 g/mol. The Morgan fingerprint density at radius 3 is 2.16 bits per heavy atom. The molecule has 1 aliphatic rings. The van der Waals surface area contributed by atoms with E-state index in [0.717, 1.165) is 65.2 Å².